The molecule has 1 aliphatic heterocycles. The number of nitrogens with one attached hydrogen (secondary N) is 1. The Morgan fingerprint density at radius 2 is 2.09 bits per heavy atom. The molecule has 0 spiro atoms. The van der Waals surface area contributed by atoms with Crippen molar-refractivity contribution in [1.82, 2.24) is 9.62 Å². The van der Waals surface area contributed by atoms with E-state index in [1.807, 2.05) is 4.31 Å². The summed E-state index contributed by atoms with van der Waals surface area (Å²) in [5.41, 5.74) is 0. The summed E-state index contributed by atoms with van der Waals surface area (Å²) in [6.45, 7) is 1.84. The van der Waals surface area contributed by atoms with Crippen LogP contribution in [0.1, 0.15) is 12.8 Å². The fourth-order valence-electron chi connectivity index (χ4n) is 1.33. The third kappa shape index (κ3) is 2.38. The zero-order chi connectivity index (χ0) is 8.27. The SMILES string of the molecule is CNC(=O)C1CCN(S)CC1. The number of hydrogen-bond donors (Lipinski definition) is 2. The molecule has 0 radical (unpaired) electrons. The Morgan fingerprint density at radius 1 is 1.55 bits per heavy atom. The number of amides is 1. The molecule has 0 bridgehead atoms. The highest BCUT2D eigenvalue weighted by Gasteiger charge is 2.22. The van der Waals surface area contributed by atoms with E-state index >= 15 is 0 Å². The number of piperidine rings is 1. The number of carbonyl (C=O) groups excluding carboxylic acids is 1. The summed E-state index contributed by atoms with van der Waals surface area (Å²) < 4.78 is 1.96. The Labute approximate surface area is 72.7 Å². The van der Waals surface area contributed by atoms with E-state index in [9.17, 15) is 4.79 Å². The van der Waals surface area contributed by atoms with E-state index in [0.29, 0.717) is 0 Å². The molecule has 3 nitrogen and oxygen atoms in total. The molecule has 0 atom stereocenters. The number of thiol groups is 1. The van der Waals surface area contributed by atoms with Crippen LogP contribution in [-0.4, -0.2) is 30.3 Å². The quantitative estimate of drug-likeness (QED) is 0.560. The zero-order valence-corrected chi connectivity index (χ0v) is 7.60. The number of rotatable bonds is 1. The molecule has 0 saturated carbocycles. The maximum Gasteiger partial charge on any atom is 0.222 e. The molecule has 0 aromatic rings. The molecule has 1 rings (SSSR count). The van der Waals surface area contributed by atoms with Crippen LogP contribution in [0.4, 0.5) is 0 Å². The van der Waals surface area contributed by atoms with Gasteiger partial charge in [0, 0.05) is 26.1 Å². The summed E-state index contributed by atoms with van der Waals surface area (Å²) >= 11 is 4.20. The van der Waals surface area contributed by atoms with Gasteiger partial charge in [0.25, 0.3) is 0 Å². The van der Waals surface area contributed by atoms with E-state index in [-0.39, 0.29) is 11.8 Å². The van der Waals surface area contributed by atoms with Crippen LogP contribution in [0.25, 0.3) is 0 Å². The lowest BCUT2D eigenvalue weighted by atomic mass is 9.97. The molecule has 1 aliphatic rings. The van der Waals surface area contributed by atoms with Gasteiger partial charge in [-0.25, -0.2) is 0 Å². The van der Waals surface area contributed by atoms with E-state index in [1.165, 1.54) is 0 Å². The minimum absolute atomic E-state index is 0.173. The van der Waals surface area contributed by atoms with Crippen LogP contribution in [0, 0.1) is 5.92 Å². The van der Waals surface area contributed by atoms with Gasteiger partial charge in [0.15, 0.2) is 0 Å². The van der Waals surface area contributed by atoms with Crippen molar-refractivity contribution < 1.29 is 4.79 Å². The van der Waals surface area contributed by atoms with Crippen molar-refractivity contribution in [2.75, 3.05) is 20.1 Å². The first-order valence-electron chi connectivity index (χ1n) is 3.89. The zero-order valence-electron chi connectivity index (χ0n) is 6.71. The van der Waals surface area contributed by atoms with Gasteiger partial charge in [-0.15, -0.1) is 0 Å². The second-order valence-electron chi connectivity index (χ2n) is 2.84. The van der Waals surface area contributed by atoms with E-state index < -0.39 is 0 Å². The molecule has 0 aromatic heterocycles. The van der Waals surface area contributed by atoms with Gasteiger partial charge >= 0.3 is 0 Å². The Kier molecular flexibility index (Phi) is 3.20. The van der Waals surface area contributed by atoms with Gasteiger partial charge in [0.2, 0.25) is 5.91 Å². The van der Waals surface area contributed by atoms with E-state index in [0.717, 1.165) is 25.9 Å². The maximum absolute atomic E-state index is 11.1. The van der Waals surface area contributed by atoms with Crippen molar-refractivity contribution in [3.8, 4) is 0 Å². The predicted octanol–water partition coefficient (Wildman–Crippen LogP) is 0.289. The summed E-state index contributed by atoms with van der Waals surface area (Å²) in [4.78, 5) is 11.1. The topological polar surface area (TPSA) is 32.3 Å². The first-order chi connectivity index (χ1) is 5.24. The minimum atomic E-state index is 0.173. The van der Waals surface area contributed by atoms with Crippen molar-refractivity contribution in [2.45, 2.75) is 12.8 Å². The van der Waals surface area contributed by atoms with Crippen molar-refractivity contribution in [1.29, 1.82) is 0 Å². The third-order valence-corrected chi connectivity index (χ3v) is 2.49. The predicted molar refractivity (Wildman–Crippen MR) is 47.3 cm³/mol. The van der Waals surface area contributed by atoms with E-state index in [4.69, 9.17) is 0 Å². The van der Waals surface area contributed by atoms with Crippen molar-refractivity contribution in [2.24, 2.45) is 5.92 Å². The van der Waals surface area contributed by atoms with Crippen molar-refractivity contribution >= 4 is 18.7 Å². The molecule has 0 aromatic carbocycles. The molecule has 64 valence electrons. The molecule has 1 amide bonds. The monoisotopic (exact) mass is 174 g/mol. The fourth-order valence-corrected chi connectivity index (χ4v) is 1.56. The molecular weight excluding hydrogens is 160 g/mol. The van der Waals surface area contributed by atoms with E-state index in [1.54, 1.807) is 7.05 Å². The van der Waals surface area contributed by atoms with Crippen molar-refractivity contribution in [3.05, 3.63) is 0 Å². The van der Waals surface area contributed by atoms with Crippen LogP contribution < -0.4 is 5.32 Å². The second-order valence-corrected chi connectivity index (χ2v) is 3.41. The number of hydrogen-bond acceptors (Lipinski definition) is 3. The Balaban J connectivity index is 2.33. The van der Waals surface area contributed by atoms with Crippen LogP contribution in [0.15, 0.2) is 0 Å². The highest BCUT2D eigenvalue weighted by molar-refractivity contribution is 7.77. The van der Waals surface area contributed by atoms with Gasteiger partial charge in [-0.3, -0.25) is 9.10 Å². The van der Waals surface area contributed by atoms with Crippen LogP contribution in [0.2, 0.25) is 0 Å². The van der Waals surface area contributed by atoms with Gasteiger partial charge in [0.1, 0.15) is 0 Å². The summed E-state index contributed by atoms with van der Waals surface area (Å²) in [6.07, 6.45) is 1.87. The number of nitrogens with zero attached hydrogens (tertiary/aromatic N) is 1. The van der Waals surface area contributed by atoms with Gasteiger partial charge < -0.3 is 5.32 Å². The first kappa shape index (κ1) is 8.87. The van der Waals surface area contributed by atoms with Crippen LogP contribution >= 0.6 is 12.8 Å². The lowest BCUT2D eigenvalue weighted by Crippen LogP contribution is -2.35. The summed E-state index contributed by atoms with van der Waals surface area (Å²) in [7, 11) is 1.69. The van der Waals surface area contributed by atoms with Crippen LogP contribution in [0.3, 0.4) is 0 Å². The summed E-state index contributed by atoms with van der Waals surface area (Å²) in [6, 6.07) is 0. The lowest BCUT2D eigenvalue weighted by Gasteiger charge is -2.26. The highest BCUT2D eigenvalue weighted by Crippen LogP contribution is 2.17. The Hall–Kier alpha value is -0.220. The Morgan fingerprint density at radius 3 is 2.55 bits per heavy atom. The smallest absolute Gasteiger partial charge is 0.222 e. The number of carbonyl (C=O) groups is 1. The lowest BCUT2D eigenvalue weighted by molar-refractivity contribution is -0.125. The van der Waals surface area contributed by atoms with E-state index in [2.05, 4.69) is 18.1 Å². The molecule has 1 N–H and O–H groups in total. The minimum Gasteiger partial charge on any atom is -0.359 e. The third-order valence-electron chi connectivity index (χ3n) is 2.09. The van der Waals surface area contributed by atoms with Gasteiger partial charge in [0.05, 0.1) is 0 Å². The largest absolute Gasteiger partial charge is 0.359 e. The molecule has 0 aliphatic carbocycles. The van der Waals surface area contributed by atoms with Gasteiger partial charge in [-0.05, 0) is 12.8 Å². The molecule has 0 unspecified atom stereocenters. The Bertz CT molecular complexity index is 143. The van der Waals surface area contributed by atoms with Crippen LogP contribution in [-0.2, 0) is 4.79 Å². The summed E-state index contributed by atoms with van der Waals surface area (Å²) in [5, 5.41) is 2.67. The van der Waals surface area contributed by atoms with Crippen molar-refractivity contribution in [3.63, 3.8) is 0 Å². The molecule has 11 heavy (non-hydrogen) atoms. The average molecular weight is 174 g/mol. The van der Waals surface area contributed by atoms with Gasteiger partial charge in [-0.1, -0.05) is 12.8 Å². The van der Waals surface area contributed by atoms with Gasteiger partial charge in [-0.2, -0.15) is 0 Å². The standard InChI is InChI=1S/C7H14N2OS/c1-8-7(10)6-2-4-9(11)5-3-6/h6,11H,2-5H2,1H3,(H,8,10). The molecule has 1 heterocycles. The van der Waals surface area contributed by atoms with Crippen LogP contribution in [0.5, 0.6) is 0 Å². The normalized spacial score (nSPS) is 21.6. The summed E-state index contributed by atoms with van der Waals surface area (Å²) in [5.74, 6) is 0.384. The first-order valence-corrected chi connectivity index (χ1v) is 4.29. The second kappa shape index (κ2) is 3.97. The fraction of sp³-hybridized carbons (Fsp3) is 0.857. The molecule has 4 heteroatoms. The average Bonchev–Trinajstić information content (AvgIpc) is 2.05. The molecule has 1 fully saturated rings. The molecule has 1 saturated heterocycles. The maximum atomic E-state index is 11.1. The molecular formula is C7H14N2OS. The highest BCUT2D eigenvalue weighted by atomic mass is 32.1.